The quantitative estimate of drug-likeness (QED) is 0.932. The molecule has 5 heteroatoms. The van der Waals surface area contributed by atoms with Crippen molar-refractivity contribution in [1.29, 1.82) is 0 Å². The first kappa shape index (κ1) is 14.1. The lowest BCUT2D eigenvalue weighted by molar-refractivity contribution is 0.180. The van der Waals surface area contributed by atoms with Crippen molar-refractivity contribution in [3.8, 4) is 5.75 Å². The van der Waals surface area contributed by atoms with Crippen LogP contribution < -0.4 is 10.5 Å². The van der Waals surface area contributed by atoms with E-state index in [1.165, 1.54) is 0 Å². The van der Waals surface area contributed by atoms with Gasteiger partial charge in [-0.1, -0.05) is 29.3 Å². The highest BCUT2D eigenvalue weighted by atomic mass is 35.5. The molecule has 0 aliphatic rings. The summed E-state index contributed by atoms with van der Waals surface area (Å²) in [5.41, 5.74) is 6.93. The van der Waals surface area contributed by atoms with E-state index in [1.54, 1.807) is 30.6 Å². The van der Waals surface area contributed by atoms with Crippen LogP contribution in [0.25, 0.3) is 0 Å². The third-order valence-electron chi connectivity index (χ3n) is 2.68. The number of pyridine rings is 1. The number of halogens is 2. The van der Waals surface area contributed by atoms with Gasteiger partial charge >= 0.3 is 0 Å². The Labute approximate surface area is 122 Å². The lowest BCUT2D eigenvalue weighted by atomic mass is 10.1. The summed E-state index contributed by atoms with van der Waals surface area (Å²) in [6.45, 7) is 1.88. The summed E-state index contributed by atoms with van der Waals surface area (Å²) in [4.78, 5) is 3.98. The highest BCUT2D eigenvalue weighted by Gasteiger charge is 2.19. The first-order valence-electron chi connectivity index (χ1n) is 5.85. The van der Waals surface area contributed by atoms with Crippen LogP contribution in [0.1, 0.15) is 18.6 Å². The monoisotopic (exact) mass is 296 g/mol. The van der Waals surface area contributed by atoms with Crippen molar-refractivity contribution in [2.45, 2.75) is 19.1 Å². The number of nitrogens with two attached hydrogens (primary N) is 1. The second-order valence-corrected chi connectivity index (χ2v) is 5.02. The summed E-state index contributed by atoms with van der Waals surface area (Å²) in [6.07, 6.45) is 3.10. The van der Waals surface area contributed by atoms with Crippen LogP contribution in [0.5, 0.6) is 5.75 Å². The third kappa shape index (κ3) is 3.38. The van der Waals surface area contributed by atoms with Crippen molar-refractivity contribution in [1.82, 2.24) is 4.98 Å². The second-order valence-electron chi connectivity index (χ2n) is 4.23. The van der Waals surface area contributed by atoms with E-state index in [-0.39, 0.29) is 12.1 Å². The molecule has 2 aromatic rings. The number of hydrogen-bond donors (Lipinski definition) is 1. The molecular weight excluding hydrogens is 283 g/mol. The van der Waals surface area contributed by atoms with Gasteiger partial charge in [0.1, 0.15) is 16.9 Å². The molecule has 2 atom stereocenters. The molecule has 3 nitrogen and oxygen atoms in total. The van der Waals surface area contributed by atoms with E-state index in [0.717, 1.165) is 5.56 Å². The van der Waals surface area contributed by atoms with Gasteiger partial charge in [-0.15, -0.1) is 0 Å². The molecule has 0 saturated heterocycles. The molecule has 0 radical (unpaired) electrons. The van der Waals surface area contributed by atoms with Gasteiger partial charge in [-0.05, 0) is 36.8 Å². The highest BCUT2D eigenvalue weighted by molar-refractivity contribution is 6.42. The minimum absolute atomic E-state index is 0.197. The van der Waals surface area contributed by atoms with Crippen molar-refractivity contribution < 1.29 is 4.74 Å². The fraction of sp³-hybridized carbons (Fsp3) is 0.214. The molecule has 1 heterocycles. The Morgan fingerprint density at radius 1 is 1.16 bits per heavy atom. The van der Waals surface area contributed by atoms with Crippen molar-refractivity contribution in [3.63, 3.8) is 0 Å². The first-order valence-corrected chi connectivity index (χ1v) is 6.61. The van der Waals surface area contributed by atoms with Crippen molar-refractivity contribution in [3.05, 3.63) is 58.3 Å². The minimum Gasteiger partial charge on any atom is -0.482 e. The highest BCUT2D eigenvalue weighted by Crippen LogP contribution is 2.34. The number of benzene rings is 1. The number of rotatable bonds is 4. The van der Waals surface area contributed by atoms with Crippen LogP contribution in [0.2, 0.25) is 10.0 Å². The molecule has 100 valence electrons. The molecule has 0 fully saturated rings. The number of hydrogen-bond acceptors (Lipinski definition) is 3. The maximum Gasteiger partial charge on any atom is 0.140 e. The van der Waals surface area contributed by atoms with Crippen LogP contribution in [0.4, 0.5) is 0 Å². The second kappa shape index (κ2) is 6.24. The molecule has 0 spiro atoms. The van der Waals surface area contributed by atoms with Gasteiger partial charge in [-0.2, -0.15) is 0 Å². The molecule has 2 rings (SSSR count). The van der Waals surface area contributed by atoms with E-state index >= 15 is 0 Å². The van der Waals surface area contributed by atoms with Crippen LogP contribution in [0.15, 0.2) is 42.7 Å². The van der Waals surface area contributed by atoms with Crippen molar-refractivity contribution in [2.24, 2.45) is 5.73 Å². The molecule has 0 saturated carbocycles. The predicted molar refractivity (Wildman–Crippen MR) is 77.7 cm³/mol. The first-order chi connectivity index (χ1) is 9.09. The SMILES string of the molecule is CC(N)C(Oc1cccc(Cl)c1Cl)c1ccncc1. The molecular formula is C14H14Cl2N2O. The summed E-state index contributed by atoms with van der Waals surface area (Å²) in [5.74, 6) is 0.522. The van der Waals surface area contributed by atoms with Gasteiger partial charge in [-0.25, -0.2) is 0 Å². The van der Waals surface area contributed by atoms with Crippen LogP contribution >= 0.6 is 23.2 Å². The number of ether oxygens (including phenoxy) is 1. The predicted octanol–water partition coefficient (Wildman–Crippen LogP) is 3.86. The molecule has 2 unspecified atom stereocenters. The van der Waals surface area contributed by atoms with Gasteiger partial charge in [0, 0.05) is 18.4 Å². The van der Waals surface area contributed by atoms with Gasteiger partial charge in [0.2, 0.25) is 0 Å². The standard InChI is InChI=1S/C14H14Cl2N2O/c1-9(17)14(10-5-7-18-8-6-10)19-12-4-2-3-11(15)13(12)16/h2-9,14H,17H2,1H3. The van der Waals surface area contributed by atoms with E-state index in [9.17, 15) is 0 Å². The molecule has 0 bridgehead atoms. The summed E-state index contributed by atoms with van der Waals surface area (Å²) >= 11 is 12.1. The summed E-state index contributed by atoms with van der Waals surface area (Å²) < 4.78 is 5.90. The zero-order chi connectivity index (χ0) is 13.8. The maximum atomic E-state index is 6.12. The Morgan fingerprint density at radius 3 is 2.47 bits per heavy atom. The Balaban J connectivity index is 2.30. The van der Waals surface area contributed by atoms with Crippen molar-refractivity contribution in [2.75, 3.05) is 0 Å². The van der Waals surface area contributed by atoms with E-state index in [2.05, 4.69) is 4.98 Å². The lowest BCUT2D eigenvalue weighted by Gasteiger charge is -2.23. The topological polar surface area (TPSA) is 48.1 Å². The number of aromatic nitrogens is 1. The largest absolute Gasteiger partial charge is 0.482 e. The summed E-state index contributed by atoms with van der Waals surface area (Å²) in [7, 11) is 0. The Bertz CT molecular complexity index is 546. The normalized spacial score (nSPS) is 13.9. The Hall–Kier alpha value is -1.29. The third-order valence-corrected chi connectivity index (χ3v) is 3.48. The smallest absolute Gasteiger partial charge is 0.140 e. The van der Waals surface area contributed by atoms with E-state index in [4.69, 9.17) is 33.7 Å². The van der Waals surface area contributed by atoms with E-state index < -0.39 is 0 Å². The molecule has 2 N–H and O–H groups in total. The molecule has 1 aromatic carbocycles. The van der Waals surface area contributed by atoms with Crippen LogP contribution in [0.3, 0.4) is 0 Å². The van der Waals surface area contributed by atoms with Gasteiger partial charge in [0.15, 0.2) is 0 Å². The summed E-state index contributed by atoms with van der Waals surface area (Å²) in [5, 5.41) is 0.848. The van der Waals surface area contributed by atoms with Crippen molar-refractivity contribution >= 4 is 23.2 Å². The van der Waals surface area contributed by atoms with Crippen LogP contribution in [-0.2, 0) is 0 Å². The molecule has 0 amide bonds. The zero-order valence-electron chi connectivity index (χ0n) is 10.4. The fourth-order valence-electron chi connectivity index (χ4n) is 1.74. The average Bonchev–Trinajstić information content (AvgIpc) is 2.41. The van der Waals surface area contributed by atoms with E-state index in [1.807, 2.05) is 19.1 Å². The maximum absolute atomic E-state index is 6.12. The lowest BCUT2D eigenvalue weighted by Crippen LogP contribution is -2.29. The van der Waals surface area contributed by atoms with Gasteiger partial charge in [-0.3, -0.25) is 4.98 Å². The van der Waals surface area contributed by atoms with E-state index in [0.29, 0.717) is 15.8 Å². The van der Waals surface area contributed by atoms with Gasteiger partial charge < -0.3 is 10.5 Å². The zero-order valence-corrected chi connectivity index (χ0v) is 11.9. The van der Waals surface area contributed by atoms with Gasteiger partial charge in [0.05, 0.1) is 5.02 Å². The Kier molecular flexibility index (Phi) is 4.64. The molecule has 1 aromatic heterocycles. The van der Waals surface area contributed by atoms with Crippen LogP contribution in [0, 0.1) is 0 Å². The average molecular weight is 297 g/mol. The minimum atomic E-state index is -0.307. The molecule has 0 aliphatic carbocycles. The molecule has 0 aliphatic heterocycles. The fourth-order valence-corrected chi connectivity index (χ4v) is 2.08. The van der Waals surface area contributed by atoms with Gasteiger partial charge in [0.25, 0.3) is 0 Å². The Morgan fingerprint density at radius 2 is 1.84 bits per heavy atom. The van der Waals surface area contributed by atoms with Crippen LogP contribution in [-0.4, -0.2) is 11.0 Å². The molecule has 19 heavy (non-hydrogen) atoms. The number of nitrogens with zero attached hydrogens (tertiary/aromatic N) is 1. The summed E-state index contributed by atoms with van der Waals surface area (Å²) in [6, 6.07) is 8.81.